The third kappa shape index (κ3) is 5.12. The third-order valence-electron chi connectivity index (χ3n) is 2.63. The van der Waals surface area contributed by atoms with Gasteiger partial charge in [0.15, 0.2) is 0 Å². The van der Waals surface area contributed by atoms with Crippen molar-refractivity contribution in [2.24, 2.45) is 5.10 Å². The van der Waals surface area contributed by atoms with Gasteiger partial charge in [-0.3, -0.25) is 10.2 Å². The van der Waals surface area contributed by atoms with E-state index in [9.17, 15) is 9.18 Å². The quantitative estimate of drug-likeness (QED) is 0.304. The fourth-order valence-corrected chi connectivity index (χ4v) is 4.57. The van der Waals surface area contributed by atoms with Crippen molar-refractivity contribution in [1.29, 1.82) is 0 Å². The molecule has 0 amide bonds. The maximum Gasteiger partial charge on any atom is 0.208 e. The highest BCUT2D eigenvalue weighted by atomic mass is 79.9. The van der Waals surface area contributed by atoms with Gasteiger partial charge in [-0.2, -0.15) is 5.10 Å². The van der Waals surface area contributed by atoms with Gasteiger partial charge in [-0.05, 0) is 35.0 Å². The van der Waals surface area contributed by atoms with Gasteiger partial charge in [-0.25, -0.2) is 9.37 Å². The van der Waals surface area contributed by atoms with Gasteiger partial charge in [0, 0.05) is 10.8 Å². The molecule has 0 aliphatic heterocycles. The summed E-state index contributed by atoms with van der Waals surface area (Å²) in [7, 11) is 0. The lowest BCUT2D eigenvalue weighted by molar-refractivity contribution is 0.106. The van der Waals surface area contributed by atoms with Gasteiger partial charge in [0.2, 0.25) is 10.9 Å². The topological polar surface area (TPSA) is 54.4 Å². The Hall–Kier alpha value is -1.25. The number of hydrogen-bond acceptors (Lipinski definition) is 6. The van der Waals surface area contributed by atoms with Crippen molar-refractivity contribution in [3.8, 4) is 0 Å². The molecule has 0 aliphatic rings. The van der Waals surface area contributed by atoms with Crippen molar-refractivity contribution in [1.82, 2.24) is 4.98 Å². The minimum absolute atomic E-state index is 0.236. The first-order valence-electron chi connectivity index (χ1n) is 6.80. The number of thioether (sulfide) groups is 1. The second-order valence-corrected chi connectivity index (χ2v) is 8.51. The summed E-state index contributed by atoms with van der Waals surface area (Å²) in [5.41, 5.74) is 3.29. The molecule has 1 heterocycles. The van der Waals surface area contributed by atoms with E-state index in [4.69, 9.17) is 0 Å². The molecule has 23 heavy (non-hydrogen) atoms. The average Bonchev–Trinajstić information content (AvgIpc) is 2.83. The number of nitrogens with zero attached hydrogens (tertiary/aromatic N) is 2. The first-order chi connectivity index (χ1) is 10.9. The zero-order chi connectivity index (χ0) is 17.0. The number of carbonyl (C=O) groups excluding carboxylic acids is 1. The predicted octanol–water partition coefficient (Wildman–Crippen LogP) is 5.22. The first-order valence-corrected chi connectivity index (χ1v) is 9.29. The Kier molecular flexibility index (Phi) is 6.32. The highest BCUT2D eigenvalue weighted by molar-refractivity contribution is 9.10. The van der Waals surface area contributed by atoms with Gasteiger partial charge >= 0.3 is 0 Å². The van der Waals surface area contributed by atoms with Crippen LogP contribution >= 0.6 is 39.0 Å². The summed E-state index contributed by atoms with van der Waals surface area (Å²) in [6.45, 7) is 5.78. The average molecular weight is 416 g/mol. The van der Waals surface area contributed by atoms with Gasteiger partial charge in [-0.15, -0.1) is 11.8 Å². The highest BCUT2D eigenvalue weighted by Crippen LogP contribution is 2.37. The van der Waals surface area contributed by atoms with Crippen LogP contribution in [0.3, 0.4) is 0 Å². The Morgan fingerprint density at radius 3 is 2.87 bits per heavy atom. The molecule has 2 aromatic rings. The SMILES string of the molecule is C/C(=N/Nc1nc(Br)c(SC(C)C)s1)C(=O)c1cccc(F)c1. The van der Waals surface area contributed by atoms with Gasteiger partial charge in [0.05, 0.1) is 4.21 Å². The van der Waals surface area contributed by atoms with E-state index in [0.717, 1.165) is 8.81 Å². The molecule has 0 atom stereocenters. The fourth-order valence-electron chi connectivity index (χ4n) is 1.64. The lowest BCUT2D eigenvalue weighted by Gasteiger charge is -2.01. The van der Waals surface area contributed by atoms with E-state index in [2.05, 4.69) is 45.3 Å². The Balaban J connectivity index is 2.09. The minimum atomic E-state index is -0.448. The summed E-state index contributed by atoms with van der Waals surface area (Å²) in [6.07, 6.45) is 0. The molecule has 0 unspecified atom stereocenters. The van der Waals surface area contributed by atoms with Crippen LogP contribution in [0.4, 0.5) is 9.52 Å². The number of anilines is 1. The van der Waals surface area contributed by atoms with E-state index in [1.165, 1.54) is 29.5 Å². The van der Waals surface area contributed by atoms with Crippen molar-refractivity contribution in [2.75, 3.05) is 5.43 Å². The lowest BCUT2D eigenvalue weighted by atomic mass is 10.1. The Labute approximate surface area is 150 Å². The van der Waals surface area contributed by atoms with Crippen LogP contribution in [0.25, 0.3) is 0 Å². The second-order valence-electron chi connectivity index (χ2n) is 4.91. The monoisotopic (exact) mass is 415 g/mol. The molecule has 0 saturated heterocycles. The van der Waals surface area contributed by atoms with Crippen LogP contribution < -0.4 is 5.43 Å². The van der Waals surface area contributed by atoms with Crippen LogP contribution in [0.15, 0.2) is 38.2 Å². The van der Waals surface area contributed by atoms with E-state index in [1.54, 1.807) is 24.8 Å². The summed E-state index contributed by atoms with van der Waals surface area (Å²) >= 11 is 6.56. The van der Waals surface area contributed by atoms with E-state index in [-0.39, 0.29) is 17.1 Å². The van der Waals surface area contributed by atoms with E-state index in [0.29, 0.717) is 10.4 Å². The summed E-state index contributed by atoms with van der Waals surface area (Å²) in [5, 5.41) is 5.08. The predicted molar refractivity (Wildman–Crippen MR) is 98.3 cm³/mol. The molecular weight excluding hydrogens is 401 g/mol. The molecule has 1 aromatic carbocycles. The summed E-state index contributed by atoms with van der Waals surface area (Å²) < 4.78 is 15.0. The van der Waals surface area contributed by atoms with Crippen molar-refractivity contribution in [3.05, 3.63) is 40.2 Å². The highest BCUT2D eigenvalue weighted by Gasteiger charge is 2.13. The van der Waals surface area contributed by atoms with Crippen molar-refractivity contribution in [2.45, 2.75) is 30.2 Å². The maximum absolute atomic E-state index is 13.2. The number of thiazole rings is 1. The number of benzene rings is 1. The van der Waals surface area contributed by atoms with Crippen LogP contribution in [0.5, 0.6) is 0 Å². The van der Waals surface area contributed by atoms with Gasteiger partial charge in [0.25, 0.3) is 0 Å². The Morgan fingerprint density at radius 2 is 2.22 bits per heavy atom. The third-order valence-corrected chi connectivity index (χ3v) is 5.91. The van der Waals surface area contributed by atoms with Crippen LogP contribution in [-0.2, 0) is 0 Å². The van der Waals surface area contributed by atoms with Crippen LogP contribution in [-0.4, -0.2) is 21.7 Å². The number of halogens is 2. The summed E-state index contributed by atoms with van der Waals surface area (Å²) in [4.78, 5) is 16.5. The molecule has 0 saturated carbocycles. The van der Waals surface area contributed by atoms with Crippen LogP contribution in [0.1, 0.15) is 31.1 Å². The van der Waals surface area contributed by atoms with Crippen LogP contribution in [0.2, 0.25) is 0 Å². The molecule has 0 spiro atoms. The number of ketones is 1. The largest absolute Gasteiger partial charge is 0.287 e. The standard InChI is InChI=1S/C15H15BrFN3OS2/c1-8(2)22-14-13(16)18-15(23-14)20-19-9(3)12(21)10-5-4-6-11(17)7-10/h4-8H,1-3H3,(H,18,20)/b19-9-. The van der Waals surface area contributed by atoms with Crippen molar-refractivity contribution >= 4 is 55.7 Å². The number of nitrogens with one attached hydrogen (secondary N) is 1. The Morgan fingerprint density at radius 1 is 1.48 bits per heavy atom. The van der Waals surface area contributed by atoms with Gasteiger partial charge in [0.1, 0.15) is 16.1 Å². The maximum atomic E-state index is 13.2. The minimum Gasteiger partial charge on any atom is -0.287 e. The normalized spacial score (nSPS) is 11.8. The number of hydrazone groups is 1. The molecule has 0 bridgehead atoms. The smallest absolute Gasteiger partial charge is 0.208 e. The Bertz CT molecular complexity index is 746. The van der Waals surface area contributed by atoms with Crippen LogP contribution in [0, 0.1) is 5.82 Å². The summed E-state index contributed by atoms with van der Waals surface area (Å²) in [5.74, 6) is -0.778. The molecule has 122 valence electrons. The molecule has 0 radical (unpaired) electrons. The zero-order valence-corrected chi connectivity index (χ0v) is 16.0. The number of hydrogen-bond donors (Lipinski definition) is 1. The number of carbonyl (C=O) groups is 1. The van der Waals surface area contributed by atoms with E-state index >= 15 is 0 Å². The zero-order valence-electron chi connectivity index (χ0n) is 12.8. The molecule has 8 heteroatoms. The molecule has 1 N–H and O–H groups in total. The first kappa shape index (κ1) is 18.1. The lowest BCUT2D eigenvalue weighted by Crippen LogP contribution is -2.12. The van der Waals surface area contributed by atoms with Crippen molar-refractivity contribution in [3.63, 3.8) is 0 Å². The fraction of sp³-hybridized carbons (Fsp3) is 0.267. The number of aromatic nitrogens is 1. The molecule has 2 rings (SSSR count). The molecule has 1 aromatic heterocycles. The van der Waals surface area contributed by atoms with E-state index < -0.39 is 5.82 Å². The van der Waals surface area contributed by atoms with Crippen molar-refractivity contribution < 1.29 is 9.18 Å². The van der Waals surface area contributed by atoms with Gasteiger partial charge in [-0.1, -0.05) is 37.3 Å². The van der Waals surface area contributed by atoms with E-state index in [1.807, 2.05) is 0 Å². The number of rotatable bonds is 6. The number of Topliss-reactive ketones (excluding diaryl/α,β-unsaturated/α-hetero) is 1. The summed E-state index contributed by atoms with van der Waals surface area (Å²) in [6, 6.07) is 5.54. The van der Waals surface area contributed by atoms with Gasteiger partial charge < -0.3 is 0 Å². The molecule has 0 fully saturated rings. The molecule has 4 nitrogen and oxygen atoms in total. The second kappa shape index (κ2) is 8.03. The molecule has 0 aliphatic carbocycles. The molecular formula is C15H15BrFN3OS2.